The van der Waals surface area contributed by atoms with Crippen molar-refractivity contribution in [2.45, 2.75) is 75.1 Å². The summed E-state index contributed by atoms with van der Waals surface area (Å²) in [4.78, 5) is 0.228. The molecule has 220 valence electrons. The van der Waals surface area contributed by atoms with E-state index in [4.69, 9.17) is 4.74 Å². The van der Waals surface area contributed by atoms with Crippen LogP contribution in [-0.4, -0.2) is 21.3 Å². The van der Waals surface area contributed by atoms with Crippen LogP contribution in [0.2, 0.25) is 0 Å². The molecule has 0 heterocycles. The van der Waals surface area contributed by atoms with Gasteiger partial charge in [-0.2, -0.15) is 0 Å². The molecule has 2 aliphatic rings. The van der Waals surface area contributed by atoms with Crippen molar-refractivity contribution < 1.29 is 31.1 Å². The highest BCUT2D eigenvalue weighted by Gasteiger charge is 2.31. The van der Waals surface area contributed by atoms with Gasteiger partial charge in [0.25, 0.3) is 0 Å². The van der Waals surface area contributed by atoms with Crippen molar-refractivity contribution in [3.63, 3.8) is 0 Å². The molecule has 0 unspecified atom stereocenters. The first-order valence-electron chi connectivity index (χ1n) is 14.1. The molecule has 2 aliphatic carbocycles. The molecule has 6 nitrogen and oxygen atoms in total. The predicted octanol–water partition coefficient (Wildman–Crippen LogP) is 8.03. The fourth-order valence-corrected chi connectivity index (χ4v) is 6.38. The van der Waals surface area contributed by atoms with Crippen LogP contribution < -0.4 is 19.5 Å². The third-order valence-corrected chi connectivity index (χ3v) is 9.05. The van der Waals surface area contributed by atoms with Crippen LogP contribution >= 0.6 is 0 Å². The Labute approximate surface area is 239 Å². The Morgan fingerprint density at radius 2 is 1.59 bits per heavy atom. The maximum Gasteiger partial charge on any atom is 0.573 e. The molecule has 2 saturated carbocycles. The Morgan fingerprint density at radius 3 is 2.29 bits per heavy atom. The molecule has 0 bridgehead atoms. The van der Waals surface area contributed by atoms with E-state index in [1.54, 1.807) is 18.2 Å². The minimum Gasteiger partial charge on any atom is -0.489 e. The first kappa shape index (κ1) is 29.3. The number of alkyl halides is 3. The van der Waals surface area contributed by atoms with Gasteiger partial charge in [0, 0.05) is 17.9 Å². The third-order valence-electron chi connectivity index (χ3n) is 7.60. The van der Waals surface area contributed by atoms with Crippen LogP contribution in [0.25, 0.3) is 0 Å². The largest absolute Gasteiger partial charge is 0.573 e. The van der Waals surface area contributed by atoms with Gasteiger partial charge in [0.2, 0.25) is 10.0 Å². The Hall–Kier alpha value is -3.24. The van der Waals surface area contributed by atoms with Crippen LogP contribution in [0, 0.1) is 5.92 Å². The van der Waals surface area contributed by atoms with Crippen molar-refractivity contribution in [1.82, 2.24) is 4.72 Å². The minimum absolute atomic E-state index is 0.191. The number of rotatable bonds is 12. The summed E-state index contributed by atoms with van der Waals surface area (Å²) in [5.41, 5.74) is 3.35. The van der Waals surface area contributed by atoms with Crippen LogP contribution in [0.4, 0.5) is 24.5 Å². The Kier molecular flexibility index (Phi) is 9.09. The lowest BCUT2D eigenvalue weighted by Crippen LogP contribution is -2.26. The SMILES string of the molecule is O=S(=O)(NCCC1CCCCC1)c1cccc(Nc2ccc(OCc3ccc(OC(F)(F)F)cc3)cc2C2CC2)c1. The third kappa shape index (κ3) is 8.63. The molecule has 0 spiro atoms. The van der Waals surface area contributed by atoms with Crippen LogP contribution in [0.1, 0.15) is 68.4 Å². The summed E-state index contributed by atoms with van der Waals surface area (Å²) in [6.45, 7) is 0.639. The lowest BCUT2D eigenvalue weighted by Gasteiger charge is -2.21. The molecular weight excluding hydrogens is 553 g/mol. The minimum atomic E-state index is -4.73. The van der Waals surface area contributed by atoms with E-state index in [0.717, 1.165) is 30.5 Å². The van der Waals surface area contributed by atoms with E-state index >= 15 is 0 Å². The van der Waals surface area contributed by atoms with Crippen LogP contribution in [0.5, 0.6) is 11.5 Å². The average molecular weight is 589 g/mol. The van der Waals surface area contributed by atoms with Gasteiger partial charge in [0.15, 0.2) is 0 Å². The molecule has 0 saturated heterocycles. The summed E-state index contributed by atoms with van der Waals surface area (Å²) in [5, 5.41) is 3.39. The second-order valence-corrected chi connectivity index (χ2v) is 12.6. The Morgan fingerprint density at radius 1 is 0.854 bits per heavy atom. The zero-order chi connectivity index (χ0) is 28.9. The molecule has 41 heavy (non-hydrogen) atoms. The lowest BCUT2D eigenvalue weighted by atomic mass is 9.87. The molecule has 3 aromatic carbocycles. The highest BCUT2D eigenvalue weighted by atomic mass is 32.2. The second-order valence-electron chi connectivity index (χ2n) is 10.8. The number of sulfonamides is 1. The van der Waals surface area contributed by atoms with Gasteiger partial charge in [0.05, 0.1) is 4.90 Å². The van der Waals surface area contributed by atoms with E-state index in [0.29, 0.717) is 35.4 Å². The van der Waals surface area contributed by atoms with Crippen molar-refractivity contribution in [2.24, 2.45) is 5.92 Å². The van der Waals surface area contributed by atoms with Gasteiger partial charge in [-0.3, -0.25) is 0 Å². The summed E-state index contributed by atoms with van der Waals surface area (Å²) in [7, 11) is -3.62. The number of hydrogen-bond acceptors (Lipinski definition) is 5. The summed E-state index contributed by atoms with van der Waals surface area (Å²) in [6.07, 6.45) is 4.36. The Bertz CT molecular complexity index is 1420. The van der Waals surface area contributed by atoms with Gasteiger partial charge in [0.1, 0.15) is 18.1 Å². The zero-order valence-corrected chi connectivity index (χ0v) is 23.6. The van der Waals surface area contributed by atoms with Crippen LogP contribution in [0.3, 0.4) is 0 Å². The van der Waals surface area contributed by atoms with Gasteiger partial charge in [-0.05, 0) is 90.8 Å². The average Bonchev–Trinajstić information content (AvgIpc) is 3.79. The van der Waals surface area contributed by atoms with E-state index < -0.39 is 16.4 Å². The molecule has 2 N–H and O–H groups in total. The fraction of sp³-hybridized carbons (Fsp3) is 0.419. The van der Waals surface area contributed by atoms with Gasteiger partial charge >= 0.3 is 6.36 Å². The highest BCUT2D eigenvalue weighted by Crippen LogP contribution is 2.45. The molecular formula is C31H35F3N2O4S. The Balaban J connectivity index is 1.21. The summed E-state index contributed by atoms with van der Waals surface area (Å²) in [5.74, 6) is 1.35. The molecule has 0 amide bonds. The number of anilines is 2. The van der Waals surface area contributed by atoms with E-state index in [1.807, 2.05) is 24.3 Å². The molecule has 0 atom stereocenters. The van der Waals surface area contributed by atoms with E-state index in [1.165, 1.54) is 56.4 Å². The van der Waals surface area contributed by atoms with E-state index in [9.17, 15) is 21.6 Å². The van der Waals surface area contributed by atoms with Crippen molar-refractivity contribution in [3.05, 3.63) is 77.9 Å². The molecule has 3 aromatic rings. The van der Waals surface area contributed by atoms with Crippen molar-refractivity contribution in [3.8, 4) is 11.5 Å². The quantitative estimate of drug-likeness (QED) is 0.224. The lowest BCUT2D eigenvalue weighted by molar-refractivity contribution is -0.274. The maximum atomic E-state index is 13.0. The van der Waals surface area contributed by atoms with Crippen molar-refractivity contribution in [1.29, 1.82) is 0 Å². The number of hydrogen-bond donors (Lipinski definition) is 2. The number of benzene rings is 3. The van der Waals surface area contributed by atoms with Crippen molar-refractivity contribution >= 4 is 21.4 Å². The topological polar surface area (TPSA) is 76.7 Å². The standard InChI is InChI=1S/C31H35F3N2O4S/c32-31(33,34)40-26-13-9-23(10-14-26)21-39-27-15-16-30(29(20-27)24-11-12-24)36-25-7-4-8-28(19-25)41(37,38)35-18-17-22-5-2-1-3-6-22/h4,7-10,13-16,19-20,22,24,35-36H,1-3,5-6,11-12,17-18,21H2. The molecule has 0 radical (unpaired) electrons. The fourth-order valence-electron chi connectivity index (χ4n) is 5.28. The summed E-state index contributed by atoms with van der Waals surface area (Å²) in [6, 6.07) is 18.1. The monoisotopic (exact) mass is 588 g/mol. The smallest absolute Gasteiger partial charge is 0.489 e. The number of ether oxygens (including phenoxy) is 2. The van der Waals surface area contributed by atoms with E-state index in [2.05, 4.69) is 14.8 Å². The molecule has 10 heteroatoms. The molecule has 5 rings (SSSR count). The first-order valence-corrected chi connectivity index (χ1v) is 15.6. The van der Waals surface area contributed by atoms with Crippen molar-refractivity contribution in [2.75, 3.05) is 11.9 Å². The van der Waals surface area contributed by atoms with E-state index in [-0.39, 0.29) is 17.3 Å². The van der Waals surface area contributed by atoms with Gasteiger partial charge < -0.3 is 14.8 Å². The van der Waals surface area contributed by atoms with Gasteiger partial charge in [-0.15, -0.1) is 13.2 Å². The van der Waals surface area contributed by atoms with Crippen LogP contribution in [0.15, 0.2) is 71.6 Å². The van der Waals surface area contributed by atoms with Gasteiger partial charge in [-0.25, -0.2) is 13.1 Å². The normalized spacial score (nSPS) is 16.4. The zero-order valence-electron chi connectivity index (χ0n) is 22.8. The number of nitrogens with one attached hydrogen (secondary N) is 2. The summed E-state index contributed by atoms with van der Waals surface area (Å²) < 4.78 is 75.7. The highest BCUT2D eigenvalue weighted by molar-refractivity contribution is 7.89. The second kappa shape index (κ2) is 12.7. The maximum absolute atomic E-state index is 13.0. The predicted molar refractivity (Wildman–Crippen MR) is 152 cm³/mol. The molecule has 2 fully saturated rings. The number of halogens is 3. The van der Waals surface area contributed by atoms with Crippen LogP contribution in [-0.2, 0) is 16.6 Å². The molecule has 0 aromatic heterocycles. The molecule has 0 aliphatic heterocycles. The summed E-state index contributed by atoms with van der Waals surface area (Å²) >= 11 is 0. The van der Waals surface area contributed by atoms with Gasteiger partial charge in [-0.1, -0.05) is 50.3 Å². The first-order chi connectivity index (χ1) is 19.6.